The van der Waals surface area contributed by atoms with Crippen LogP contribution in [0.3, 0.4) is 0 Å². The van der Waals surface area contributed by atoms with Crippen LogP contribution in [-0.2, 0) is 4.43 Å². The average Bonchev–Trinajstić information content (AvgIpc) is 2.67. The Morgan fingerprint density at radius 3 is 1.86 bits per heavy atom. The predicted octanol–water partition coefficient (Wildman–Crippen LogP) is 8.73. The second kappa shape index (κ2) is 11.5. The van der Waals surface area contributed by atoms with E-state index in [0.29, 0.717) is 16.6 Å². The van der Waals surface area contributed by atoms with Crippen molar-refractivity contribution in [2.75, 3.05) is 13.2 Å². The van der Waals surface area contributed by atoms with Gasteiger partial charge in [-0.3, -0.25) is 0 Å². The highest BCUT2D eigenvalue weighted by atomic mass is 79.9. The average molecular weight is 480 g/mol. The van der Waals surface area contributed by atoms with Gasteiger partial charge in [-0.1, -0.05) is 88.2 Å². The Kier molecular flexibility index (Phi) is 9.71. The van der Waals surface area contributed by atoms with E-state index in [-0.39, 0.29) is 0 Å². The quantitative estimate of drug-likeness (QED) is 0.224. The van der Waals surface area contributed by atoms with Crippen LogP contribution >= 0.6 is 15.9 Å². The van der Waals surface area contributed by atoms with E-state index < -0.39 is 8.32 Å². The first-order valence-corrected chi connectivity index (χ1v) is 14.2. The van der Waals surface area contributed by atoms with Crippen LogP contribution in [0.5, 0.6) is 5.75 Å². The first-order chi connectivity index (χ1) is 13.8. The standard InChI is InChI=1S/C25H39BrO2Si/c1-19(2)29(20(3)4,21(5)6)28-18-12-8-7-11-17-27-25-16-15-24(26)22-13-9-10-14-23(22)25/h9-10,13-16,19-21H,7-8,11-12,17-18H2,1-6H3. The lowest BCUT2D eigenvalue weighted by molar-refractivity contribution is 0.263. The summed E-state index contributed by atoms with van der Waals surface area (Å²) < 4.78 is 13.9. The summed E-state index contributed by atoms with van der Waals surface area (Å²) >= 11 is 3.62. The molecule has 0 radical (unpaired) electrons. The summed E-state index contributed by atoms with van der Waals surface area (Å²) in [6.07, 6.45) is 4.65. The molecule has 0 saturated heterocycles. The Balaban J connectivity index is 1.72. The van der Waals surface area contributed by atoms with Gasteiger partial charge in [-0.2, -0.15) is 0 Å². The molecule has 0 bridgehead atoms. The Labute approximate surface area is 187 Å². The molecule has 0 aliphatic rings. The van der Waals surface area contributed by atoms with Gasteiger partial charge >= 0.3 is 0 Å². The molecule has 0 spiro atoms. The van der Waals surface area contributed by atoms with Gasteiger partial charge in [-0.25, -0.2) is 0 Å². The highest BCUT2D eigenvalue weighted by Gasteiger charge is 2.44. The molecule has 0 fully saturated rings. The van der Waals surface area contributed by atoms with Crippen molar-refractivity contribution in [2.24, 2.45) is 0 Å². The Bertz CT molecular complexity index is 736. The fraction of sp³-hybridized carbons (Fsp3) is 0.600. The summed E-state index contributed by atoms with van der Waals surface area (Å²) in [5.74, 6) is 0.980. The second-order valence-electron chi connectivity index (χ2n) is 9.02. The molecule has 4 heteroatoms. The summed E-state index contributed by atoms with van der Waals surface area (Å²) in [6.45, 7) is 15.8. The van der Waals surface area contributed by atoms with Gasteiger partial charge in [0.1, 0.15) is 5.75 Å². The van der Waals surface area contributed by atoms with Gasteiger partial charge in [-0.15, -0.1) is 0 Å². The minimum Gasteiger partial charge on any atom is -0.493 e. The lowest BCUT2D eigenvalue weighted by atomic mass is 10.1. The summed E-state index contributed by atoms with van der Waals surface area (Å²) in [5, 5.41) is 2.38. The second-order valence-corrected chi connectivity index (χ2v) is 15.3. The lowest BCUT2D eigenvalue weighted by Crippen LogP contribution is -2.47. The zero-order valence-corrected chi connectivity index (χ0v) is 21.7. The molecule has 2 aromatic carbocycles. The molecule has 29 heavy (non-hydrogen) atoms. The zero-order valence-electron chi connectivity index (χ0n) is 19.1. The molecule has 0 unspecified atom stereocenters. The molecule has 0 aliphatic carbocycles. The van der Waals surface area contributed by atoms with Crippen LogP contribution in [0.1, 0.15) is 67.2 Å². The molecule has 0 saturated carbocycles. The SMILES string of the molecule is CC(C)[Si](OCCCCCCOc1ccc(Br)c2ccccc12)(C(C)C)C(C)C. The van der Waals surface area contributed by atoms with E-state index >= 15 is 0 Å². The maximum absolute atomic E-state index is 6.65. The molecule has 2 nitrogen and oxygen atoms in total. The number of rotatable bonds is 12. The number of unbranched alkanes of at least 4 members (excludes halogenated alkanes) is 3. The molecule has 0 aromatic heterocycles. The van der Waals surface area contributed by atoms with Crippen molar-refractivity contribution < 1.29 is 9.16 Å². The van der Waals surface area contributed by atoms with Crippen LogP contribution in [0, 0.1) is 0 Å². The summed E-state index contributed by atoms with van der Waals surface area (Å²) in [6, 6.07) is 12.5. The smallest absolute Gasteiger partial charge is 0.200 e. The number of hydrogen-bond donors (Lipinski definition) is 0. The van der Waals surface area contributed by atoms with Crippen molar-refractivity contribution in [2.45, 2.75) is 83.8 Å². The summed E-state index contributed by atoms with van der Waals surface area (Å²) in [7, 11) is -1.71. The van der Waals surface area contributed by atoms with E-state index in [1.165, 1.54) is 23.6 Å². The van der Waals surface area contributed by atoms with Gasteiger partial charge in [0.2, 0.25) is 0 Å². The third-order valence-corrected chi connectivity index (χ3v) is 13.0. The zero-order chi connectivity index (χ0) is 21.4. The lowest BCUT2D eigenvalue weighted by Gasteiger charge is -2.42. The fourth-order valence-electron chi connectivity index (χ4n) is 4.85. The first-order valence-electron chi connectivity index (χ1n) is 11.2. The van der Waals surface area contributed by atoms with Crippen LogP contribution in [0.25, 0.3) is 10.8 Å². The largest absolute Gasteiger partial charge is 0.493 e. The van der Waals surface area contributed by atoms with E-state index in [9.17, 15) is 0 Å². The monoisotopic (exact) mass is 478 g/mol. The fourth-order valence-corrected chi connectivity index (χ4v) is 10.8. The van der Waals surface area contributed by atoms with Crippen molar-refractivity contribution in [3.8, 4) is 5.75 Å². The predicted molar refractivity (Wildman–Crippen MR) is 133 cm³/mol. The van der Waals surface area contributed by atoms with E-state index in [1.54, 1.807) is 0 Å². The van der Waals surface area contributed by atoms with Crippen LogP contribution < -0.4 is 4.74 Å². The molecule has 2 rings (SSSR count). The van der Waals surface area contributed by atoms with E-state index in [2.05, 4.69) is 93.9 Å². The topological polar surface area (TPSA) is 18.5 Å². The van der Waals surface area contributed by atoms with Gasteiger partial charge in [0.15, 0.2) is 8.32 Å². The maximum Gasteiger partial charge on any atom is 0.200 e. The van der Waals surface area contributed by atoms with Crippen LogP contribution in [0.2, 0.25) is 16.6 Å². The van der Waals surface area contributed by atoms with Crippen LogP contribution in [0.4, 0.5) is 0 Å². The van der Waals surface area contributed by atoms with E-state index in [1.807, 2.05) is 0 Å². The normalized spacial score (nSPS) is 12.5. The molecule has 2 aromatic rings. The van der Waals surface area contributed by atoms with Gasteiger partial charge < -0.3 is 9.16 Å². The van der Waals surface area contributed by atoms with Gasteiger partial charge in [-0.05, 0) is 53.4 Å². The molecular weight excluding hydrogens is 440 g/mol. The molecule has 0 heterocycles. The highest BCUT2D eigenvalue weighted by Crippen LogP contribution is 2.42. The molecule has 0 N–H and O–H groups in total. The van der Waals surface area contributed by atoms with Gasteiger partial charge in [0.05, 0.1) is 6.61 Å². The third kappa shape index (κ3) is 6.08. The van der Waals surface area contributed by atoms with Crippen molar-refractivity contribution in [1.29, 1.82) is 0 Å². The van der Waals surface area contributed by atoms with Crippen LogP contribution in [-0.4, -0.2) is 21.5 Å². The van der Waals surface area contributed by atoms with Crippen molar-refractivity contribution >= 4 is 35.0 Å². The van der Waals surface area contributed by atoms with Crippen molar-refractivity contribution in [3.05, 3.63) is 40.9 Å². The third-order valence-electron chi connectivity index (χ3n) is 6.19. The van der Waals surface area contributed by atoms with Gasteiger partial charge in [0, 0.05) is 16.5 Å². The molecule has 0 aliphatic heterocycles. The number of ether oxygens (including phenoxy) is 1. The van der Waals surface area contributed by atoms with Crippen molar-refractivity contribution in [1.82, 2.24) is 0 Å². The van der Waals surface area contributed by atoms with E-state index in [4.69, 9.17) is 9.16 Å². The minimum absolute atomic E-state index is 0.664. The molecule has 0 amide bonds. The van der Waals surface area contributed by atoms with Gasteiger partial charge in [0.25, 0.3) is 0 Å². The molecular formula is C25H39BrO2Si. The summed E-state index contributed by atoms with van der Waals surface area (Å²) in [5.41, 5.74) is 1.99. The van der Waals surface area contributed by atoms with E-state index in [0.717, 1.165) is 36.3 Å². The minimum atomic E-state index is -1.71. The summed E-state index contributed by atoms with van der Waals surface area (Å²) in [4.78, 5) is 0. The molecule has 0 atom stereocenters. The van der Waals surface area contributed by atoms with Crippen molar-refractivity contribution in [3.63, 3.8) is 0 Å². The Morgan fingerprint density at radius 1 is 0.724 bits per heavy atom. The number of fused-ring (bicyclic) bond motifs is 1. The first kappa shape index (κ1) is 24.4. The number of benzene rings is 2. The number of hydrogen-bond acceptors (Lipinski definition) is 2. The van der Waals surface area contributed by atoms with Crippen LogP contribution in [0.15, 0.2) is 40.9 Å². The molecule has 162 valence electrons. The Morgan fingerprint density at radius 2 is 1.28 bits per heavy atom. The number of halogens is 1. The Hall–Kier alpha value is -0.843. The maximum atomic E-state index is 6.65. The highest BCUT2D eigenvalue weighted by molar-refractivity contribution is 9.10.